The number of aryl methyl sites for hydroxylation is 2. The maximum atomic E-state index is 13.3. The first-order valence-corrected chi connectivity index (χ1v) is 11.2. The first-order chi connectivity index (χ1) is 15.1. The van der Waals surface area contributed by atoms with E-state index in [-0.39, 0.29) is 11.3 Å². The van der Waals surface area contributed by atoms with Gasteiger partial charge in [-0.2, -0.15) is 4.98 Å². The Kier molecular flexibility index (Phi) is 4.20. The summed E-state index contributed by atoms with van der Waals surface area (Å²) in [6, 6.07) is 7.58. The molecule has 1 amide bonds. The quantitative estimate of drug-likeness (QED) is 0.646. The minimum atomic E-state index is -0.0271. The minimum absolute atomic E-state index is 0.0271. The summed E-state index contributed by atoms with van der Waals surface area (Å²) in [4.78, 5) is 29.0. The smallest absolute Gasteiger partial charge is 0.253 e. The van der Waals surface area contributed by atoms with Crippen molar-refractivity contribution in [2.75, 3.05) is 13.1 Å². The molecule has 1 aromatic carbocycles. The molecule has 1 unspecified atom stereocenters. The number of nitrogens with zero attached hydrogens (tertiary/aromatic N) is 5. The topological polar surface area (TPSA) is 85.0 Å². The van der Waals surface area contributed by atoms with E-state index < -0.39 is 0 Å². The van der Waals surface area contributed by atoms with E-state index in [1.165, 1.54) is 5.56 Å². The third-order valence-electron chi connectivity index (χ3n) is 6.98. The molecule has 3 aromatic rings. The molecule has 1 saturated carbocycles. The van der Waals surface area contributed by atoms with Crippen LogP contribution in [0, 0.1) is 6.92 Å². The van der Waals surface area contributed by atoms with Gasteiger partial charge in [0.2, 0.25) is 11.7 Å². The van der Waals surface area contributed by atoms with Crippen LogP contribution < -0.4 is 0 Å². The van der Waals surface area contributed by atoms with Crippen molar-refractivity contribution in [2.45, 2.75) is 56.8 Å². The first kappa shape index (κ1) is 18.7. The Bertz CT molecular complexity index is 1150. The number of hydrogen-bond donors (Lipinski definition) is 0. The fourth-order valence-corrected chi connectivity index (χ4v) is 5.12. The highest BCUT2D eigenvalue weighted by Gasteiger charge is 2.44. The third-order valence-corrected chi connectivity index (χ3v) is 6.98. The summed E-state index contributed by atoms with van der Waals surface area (Å²) in [6.07, 6.45) is 8.35. The lowest BCUT2D eigenvalue weighted by Gasteiger charge is -2.40. The van der Waals surface area contributed by atoms with E-state index in [0.717, 1.165) is 74.6 Å². The molecule has 1 saturated heterocycles. The molecule has 31 heavy (non-hydrogen) atoms. The zero-order chi connectivity index (χ0) is 21.0. The number of aromatic nitrogens is 4. The normalized spacial score (nSPS) is 22.7. The molecule has 1 aliphatic heterocycles. The monoisotopic (exact) mass is 415 g/mol. The van der Waals surface area contributed by atoms with E-state index in [0.29, 0.717) is 17.3 Å². The van der Waals surface area contributed by atoms with Gasteiger partial charge in [0.1, 0.15) is 5.82 Å². The van der Waals surface area contributed by atoms with Gasteiger partial charge < -0.3 is 9.42 Å². The van der Waals surface area contributed by atoms with E-state index >= 15 is 0 Å². The maximum absolute atomic E-state index is 13.3. The average molecular weight is 415 g/mol. The molecule has 3 aliphatic rings. The van der Waals surface area contributed by atoms with Crippen LogP contribution in [-0.4, -0.2) is 44.0 Å². The largest absolute Gasteiger partial charge is 0.339 e. The Morgan fingerprint density at radius 2 is 2.00 bits per heavy atom. The SMILES string of the molecule is Cc1ncc2c(n1)C1(CCCN(C(=O)c3ccc(-c4noc(C5CC5)n4)cc3)C1)CC2. The summed E-state index contributed by atoms with van der Waals surface area (Å²) in [5.74, 6) is 2.64. The molecule has 1 spiro atoms. The molecular formula is C24H25N5O2. The van der Waals surface area contributed by atoms with Gasteiger partial charge >= 0.3 is 0 Å². The van der Waals surface area contributed by atoms with Crippen molar-refractivity contribution in [1.29, 1.82) is 0 Å². The van der Waals surface area contributed by atoms with Crippen molar-refractivity contribution >= 4 is 5.91 Å². The zero-order valence-electron chi connectivity index (χ0n) is 17.7. The zero-order valence-corrected chi connectivity index (χ0v) is 17.7. The lowest BCUT2D eigenvalue weighted by atomic mass is 9.77. The van der Waals surface area contributed by atoms with Crippen LogP contribution in [0.3, 0.4) is 0 Å². The number of hydrogen-bond acceptors (Lipinski definition) is 6. The third kappa shape index (κ3) is 3.23. The van der Waals surface area contributed by atoms with Gasteiger partial charge in [0, 0.05) is 41.7 Å². The number of carbonyl (C=O) groups is 1. The van der Waals surface area contributed by atoms with Gasteiger partial charge in [0.15, 0.2) is 0 Å². The highest BCUT2D eigenvalue weighted by molar-refractivity contribution is 5.94. The summed E-state index contributed by atoms with van der Waals surface area (Å²) < 4.78 is 5.36. The van der Waals surface area contributed by atoms with Gasteiger partial charge in [0.05, 0.1) is 5.69 Å². The summed E-state index contributed by atoms with van der Waals surface area (Å²) in [7, 11) is 0. The molecule has 7 nitrogen and oxygen atoms in total. The highest BCUT2D eigenvalue weighted by atomic mass is 16.5. The van der Waals surface area contributed by atoms with Crippen LogP contribution in [-0.2, 0) is 11.8 Å². The standard InChI is InChI=1S/C24H25N5O2/c1-15-25-13-19-9-11-24(20(19)26-15)10-2-12-29(14-24)23(30)18-7-3-16(4-8-18)21-27-22(31-28-21)17-5-6-17/h3-4,7-8,13,17H,2,5-6,9-12,14H2,1H3. The van der Waals surface area contributed by atoms with Crippen LogP contribution in [0.2, 0.25) is 0 Å². The number of rotatable bonds is 3. The Balaban J connectivity index is 1.21. The summed E-state index contributed by atoms with van der Waals surface area (Å²) in [6.45, 7) is 3.46. The number of likely N-dealkylation sites (tertiary alicyclic amines) is 1. The van der Waals surface area contributed by atoms with Crippen molar-refractivity contribution in [3.8, 4) is 11.4 Å². The number of amides is 1. The lowest BCUT2D eigenvalue weighted by Crippen LogP contribution is -2.48. The van der Waals surface area contributed by atoms with Crippen molar-refractivity contribution in [1.82, 2.24) is 25.0 Å². The molecule has 1 atom stereocenters. The van der Waals surface area contributed by atoms with Crippen molar-refractivity contribution < 1.29 is 9.32 Å². The van der Waals surface area contributed by atoms with Crippen LogP contribution in [0.15, 0.2) is 35.0 Å². The van der Waals surface area contributed by atoms with E-state index in [1.54, 1.807) is 0 Å². The summed E-state index contributed by atoms with van der Waals surface area (Å²) >= 11 is 0. The maximum Gasteiger partial charge on any atom is 0.253 e. The first-order valence-electron chi connectivity index (χ1n) is 11.2. The van der Waals surface area contributed by atoms with Crippen LogP contribution in [0.4, 0.5) is 0 Å². The van der Waals surface area contributed by atoms with Crippen LogP contribution >= 0.6 is 0 Å². The van der Waals surface area contributed by atoms with Crippen LogP contribution in [0.25, 0.3) is 11.4 Å². The second kappa shape index (κ2) is 6.97. The van der Waals surface area contributed by atoms with Gasteiger partial charge in [-0.25, -0.2) is 9.97 Å². The van der Waals surface area contributed by atoms with E-state index in [1.807, 2.05) is 42.3 Å². The molecule has 2 aliphatic carbocycles. The number of benzene rings is 1. The van der Waals surface area contributed by atoms with Crippen molar-refractivity contribution in [3.63, 3.8) is 0 Å². The van der Waals surface area contributed by atoms with Gasteiger partial charge in [-0.15, -0.1) is 0 Å². The van der Waals surface area contributed by atoms with Crippen molar-refractivity contribution in [2.24, 2.45) is 0 Å². The Morgan fingerprint density at radius 3 is 2.81 bits per heavy atom. The van der Waals surface area contributed by atoms with Gasteiger partial charge in [0.25, 0.3) is 5.91 Å². The van der Waals surface area contributed by atoms with Crippen molar-refractivity contribution in [3.05, 3.63) is 59.0 Å². The molecule has 2 aromatic heterocycles. The van der Waals surface area contributed by atoms with Gasteiger partial charge in [-0.05, 0) is 63.1 Å². The minimum Gasteiger partial charge on any atom is -0.339 e. The molecule has 2 fully saturated rings. The summed E-state index contributed by atoms with van der Waals surface area (Å²) in [5, 5.41) is 4.10. The summed E-state index contributed by atoms with van der Waals surface area (Å²) in [5.41, 5.74) is 3.95. The lowest BCUT2D eigenvalue weighted by molar-refractivity contribution is 0.0633. The Labute approximate surface area is 180 Å². The Hall–Kier alpha value is -3.09. The fraction of sp³-hybridized carbons (Fsp3) is 0.458. The molecular weight excluding hydrogens is 390 g/mol. The molecule has 0 radical (unpaired) electrons. The molecule has 3 heterocycles. The fourth-order valence-electron chi connectivity index (χ4n) is 5.12. The predicted molar refractivity (Wildman–Crippen MR) is 114 cm³/mol. The van der Waals surface area contributed by atoms with E-state index in [2.05, 4.69) is 15.1 Å². The Morgan fingerprint density at radius 1 is 1.16 bits per heavy atom. The molecule has 7 heteroatoms. The molecule has 6 rings (SSSR count). The van der Waals surface area contributed by atoms with Gasteiger partial charge in [-0.1, -0.05) is 17.3 Å². The molecule has 0 bridgehead atoms. The number of fused-ring (bicyclic) bond motifs is 2. The number of piperidine rings is 1. The molecule has 0 N–H and O–H groups in total. The van der Waals surface area contributed by atoms with E-state index in [9.17, 15) is 4.79 Å². The number of carbonyl (C=O) groups excluding carboxylic acids is 1. The second-order valence-corrected chi connectivity index (χ2v) is 9.21. The molecule has 158 valence electrons. The predicted octanol–water partition coefficient (Wildman–Crippen LogP) is 3.83. The average Bonchev–Trinajstić information content (AvgIpc) is 3.45. The second-order valence-electron chi connectivity index (χ2n) is 9.21. The van der Waals surface area contributed by atoms with Crippen LogP contribution in [0.1, 0.15) is 71.4 Å². The highest BCUT2D eigenvalue weighted by Crippen LogP contribution is 2.44. The van der Waals surface area contributed by atoms with E-state index in [4.69, 9.17) is 9.51 Å². The van der Waals surface area contributed by atoms with Crippen LogP contribution in [0.5, 0.6) is 0 Å². The van der Waals surface area contributed by atoms with Gasteiger partial charge in [-0.3, -0.25) is 4.79 Å².